The number of nitrogens with zero attached hydrogens (tertiary/aromatic N) is 1. The molecule has 4 heterocycles. The summed E-state index contributed by atoms with van der Waals surface area (Å²) in [7, 11) is 0. The maximum Gasteiger partial charge on any atom is 0.327 e. The first-order valence-electron chi connectivity index (χ1n) is 6.04. The number of hydrogen-bond acceptors (Lipinski definition) is 6. The van der Waals surface area contributed by atoms with Crippen molar-refractivity contribution in [3.63, 3.8) is 0 Å². The Morgan fingerprint density at radius 3 is 1.91 bits per heavy atom. The molecule has 0 amide bonds. The van der Waals surface area contributed by atoms with Gasteiger partial charge in [0.25, 0.3) is 11.1 Å². The second kappa shape index (κ2) is 5.14. The topological polar surface area (TPSA) is 209 Å². The average molecular weight is 320 g/mol. The zero-order valence-corrected chi connectivity index (χ0v) is 11.1. The fourth-order valence-corrected chi connectivity index (χ4v) is 1.82. The van der Waals surface area contributed by atoms with E-state index in [1.807, 2.05) is 4.98 Å². The Labute approximate surface area is 121 Å². The Morgan fingerprint density at radius 2 is 1.22 bits per heavy atom. The van der Waals surface area contributed by atoms with Crippen LogP contribution in [0.1, 0.15) is 0 Å². The fraction of sp³-hybridized carbons (Fsp3) is 0. The van der Waals surface area contributed by atoms with E-state index in [0.717, 1.165) is 0 Å². The first kappa shape index (κ1) is 14.1. The second-order valence-electron chi connectivity index (χ2n) is 4.27. The van der Waals surface area contributed by atoms with Crippen molar-refractivity contribution in [2.75, 3.05) is 0 Å². The second-order valence-corrected chi connectivity index (χ2v) is 4.27. The fourth-order valence-electron chi connectivity index (χ4n) is 1.82. The summed E-state index contributed by atoms with van der Waals surface area (Å²) in [5, 5.41) is 0. The van der Waals surface area contributed by atoms with Crippen LogP contribution < -0.4 is 28.2 Å². The van der Waals surface area contributed by atoms with Crippen LogP contribution in [-0.4, -0.2) is 39.9 Å². The lowest BCUT2D eigenvalue weighted by Gasteiger charge is -1.83. The molecule has 4 aromatic heterocycles. The molecule has 13 nitrogen and oxygen atoms in total. The van der Waals surface area contributed by atoms with Gasteiger partial charge in [-0.1, -0.05) is 0 Å². The van der Waals surface area contributed by atoms with Gasteiger partial charge in [0, 0.05) is 0 Å². The van der Waals surface area contributed by atoms with E-state index < -0.39 is 28.2 Å². The predicted octanol–water partition coefficient (Wildman–Crippen LogP) is -2.83. The van der Waals surface area contributed by atoms with Crippen LogP contribution in [0.15, 0.2) is 30.3 Å². The molecule has 0 aromatic carbocycles. The van der Waals surface area contributed by atoms with E-state index >= 15 is 0 Å². The molecule has 0 radical (unpaired) electrons. The summed E-state index contributed by atoms with van der Waals surface area (Å²) in [6, 6.07) is 0. The third-order valence-electron chi connectivity index (χ3n) is 2.75. The summed E-state index contributed by atoms with van der Waals surface area (Å²) in [6.07, 6.45) is 1.34. The van der Waals surface area contributed by atoms with Crippen molar-refractivity contribution in [1.82, 2.24) is 39.9 Å². The minimum atomic E-state index is -0.650. The summed E-state index contributed by atoms with van der Waals surface area (Å²) in [5.41, 5.74) is -2.10. The van der Waals surface area contributed by atoms with E-state index in [2.05, 4.69) is 34.9 Å². The number of imidazole rings is 2. The molecule has 23 heavy (non-hydrogen) atoms. The van der Waals surface area contributed by atoms with Crippen LogP contribution in [0.2, 0.25) is 0 Å². The highest BCUT2D eigenvalue weighted by atomic mass is 16.2. The van der Waals surface area contributed by atoms with Crippen molar-refractivity contribution in [1.29, 1.82) is 0 Å². The SMILES string of the molecule is O=c1[nH]c(=O)c2[nH]c(=O)[nH]c2[nH]1.O=c1[nH]c(=O)c2[nH]cnc2[nH]1. The highest BCUT2D eigenvalue weighted by Crippen LogP contribution is 1.92. The molecule has 0 saturated heterocycles. The molecule has 0 atom stereocenters. The molecular weight excluding hydrogens is 312 g/mol. The zero-order chi connectivity index (χ0) is 16.6. The molecule has 0 unspecified atom stereocenters. The van der Waals surface area contributed by atoms with Gasteiger partial charge in [0.2, 0.25) is 0 Å². The van der Waals surface area contributed by atoms with Crippen molar-refractivity contribution in [3.05, 3.63) is 58.5 Å². The van der Waals surface area contributed by atoms with Gasteiger partial charge < -0.3 is 4.98 Å². The van der Waals surface area contributed by atoms with Crippen LogP contribution in [-0.2, 0) is 0 Å². The van der Waals surface area contributed by atoms with Gasteiger partial charge in [-0.3, -0.25) is 39.5 Å². The normalized spacial score (nSPS) is 10.6. The van der Waals surface area contributed by atoms with Gasteiger partial charge in [-0.15, -0.1) is 0 Å². The van der Waals surface area contributed by atoms with Crippen LogP contribution in [0, 0.1) is 0 Å². The molecular formula is C10H8N8O5. The third-order valence-corrected chi connectivity index (χ3v) is 2.75. The number of aromatic amines is 7. The van der Waals surface area contributed by atoms with E-state index in [0.29, 0.717) is 0 Å². The van der Waals surface area contributed by atoms with Gasteiger partial charge in [-0.2, -0.15) is 0 Å². The molecule has 4 rings (SSSR count). The number of fused-ring (bicyclic) bond motifs is 2. The first-order valence-corrected chi connectivity index (χ1v) is 6.04. The number of hydrogen-bond donors (Lipinski definition) is 7. The Kier molecular flexibility index (Phi) is 3.14. The summed E-state index contributed by atoms with van der Waals surface area (Å²) in [4.78, 5) is 73.3. The zero-order valence-electron chi connectivity index (χ0n) is 11.1. The maximum absolute atomic E-state index is 10.9. The summed E-state index contributed by atoms with van der Waals surface area (Å²) >= 11 is 0. The number of rotatable bonds is 0. The Morgan fingerprint density at radius 1 is 0.652 bits per heavy atom. The smallest absolute Gasteiger partial charge is 0.327 e. The van der Waals surface area contributed by atoms with E-state index in [4.69, 9.17) is 0 Å². The van der Waals surface area contributed by atoms with Crippen LogP contribution in [0.3, 0.4) is 0 Å². The van der Waals surface area contributed by atoms with E-state index in [-0.39, 0.29) is 22.3 Å². The van der Waals surface area contributed by atoms with E-state index in [1.165, 1.54) is 6.33 Å². The number of aromatic nitrogens is 8. The summed E-state index contributed by atoms with van der Waals surface area (Å²) < 4.78 is 0. The van der Waals surface area contributed by atoms with Gasteiger partial charge in [-0.05, 0) is 0 Å². The standard InChI is InChI=1S/C5H4N4O3.C5H4N4O2/c10-3-1-2(7-4(11)6-1)8-5(12)9-3;10-4-2-3(7-1-6-2)8-5(11)9-4/h(H4,6,7,8,9,10,11,12);1H,(H3,6,7,8,9,10,11). The van der Waals surface area contributed by atoms with E-state index in [9.17, 15) is 24.0 Å². The van der Waals surface area contributed by atoms with Crippen molar-refractivity contribution in [3.8, 4) is 0 Å². The van der Waals surface area contributed by atoms with E-state index in [1.54, 1.807) is 0 Å². The number of nitrogens with one attached hydrogen (secondary N) is 7. The minimum Gasteiger partial charge on any atom is -0.339 e. The Bertz CT molecular complexity index is 1270. The molecule has 0 saturated carbocycles. The molecule has 0 aliphatic rings. The molecule has 13 heteroatoms. The van der Waals surface area contributed by atoms with Crippen LogP contribution in [0.4, 0.5) is 0 Å². The third kappa shape index (κ3) is 2.65. The van der Waals surface area contributed by atoms with Gasteiger partial charge in [0.15, 0.2) is 5.65 Å². The summed E-state index contributed by atoms with van der Waals surface area (Å²) in [6.45, 7) is 0. The minimum absolute atomic E-state index is 0.0413. The lowest BCUT2D eigenvalue weighted by Crippen LogP contribution is -2.21. The molecule has 0 aliphatic heterocycles. The molecule has 0 spiro atoms. The number of H-pyrrole nitrogens is 7. The predicted molar refractivity (Wildman–Crippen MR) is 77.5 cm³/mol. The molecule has 0 bridgehead atoms. The average Bonchev–Trinajstić information content (AvgIpc) is 3.05. The van der Waals surface area contributed by atoms with Crippen molar-refractivity contribution >= 4 is 22.3 Å². The lowest BCUT2D eigenvalue weighted by molar-refractivity contribution is 1.07. The molecule has 0 aliphatic carbocycles. The molecule has 118 valence electrons. The van der Waals surface area contributed by atoms with Crippen LogP contribution in [0.25, 0.3) is 22.3 Å². The largest absolute Gasteiger partial charge is 0.339 e. The summed E-state index contributed by atoms with van der Waals surface area (Å²) in [5.74, 6) is 0. The Balaban J connectivity index is 0.000000136. The van der Waals surface area contributed by atoms with Crippen LogP contribution in [0.5, 0.6) is 0 Å². The van der Waals surface area contributed by atoms with Crippen molar-refractivity contribution < 1.29 is 0 Å². The van der Waals surface area contributed by atoms with Gasteiger partial charge in [0.1, 0.15) is 16.7 Å². The highest BCUT2D eigenvalue weighted by Gasteiger charge is 2.02. The molecule has 0 fully saturated rings. The first-order chi connectivity index (χ1) is 10.9. The van der Waals surface area contributed by atoms with Crippen molar-refractivity contribution in [2.45, 2.75) is 0 Å². The highest BCUT2D eigenvalue weighted by molar-refractivity contribution is 5.67. The molecule has 7 N–H and O–H groups in total. The van der Waals surface area contributed by atoms with Crippen LogP contribution >= 0.6 is 0 Å². The van der Waals surface area contributed by atoms with Crippen molar-refractivity contribution in [2.24, 2.45) is 0 Å². The van der Waals surface area contributed by atoms with Gasteiger partial charge >= 0.3 is 17.1 Å². The lowest BCUT2D eigenvalue weighted by atomic mass is 10.5. The van der Waals surface area contributed by atoms with Gasteiger partial charge in [-0.25, -0.2) is 19.4 Å². The Hall–Kier alpha value is -3.90. The monoisotopic (exact) mass is 320 g/mol. The maximum atomic E-state index is 10.9. The molecule has 4 aromatic rings. The quantitative estimate of drug-likeness (QED) is 0.181. The van der Waals surface area contributed by atoms with Gasteiger partial charge in [0.05, 0.1) is 6.33 Å².